The molecular weight excluding hydrogens is 521 g/mol. The van der Waals surface area contributed by atoms with Crippen LogP contribution in [-0.4, -0.2) is 66.7 Å². The number of amides is 1. The number of carbonyl (C=O) groups is 1. The second-order valence-corrected chi connectivity index (χ2v) is 10.4. The zero-order valence-corrected chi connectivity index (χ0v) is 22.1. The molecule has 9 nitrogen and oxygen atoms in total. The summed E-state index contributed by atoms with van der Waals surface area (Å²) >= 11 is 12.3. The van der Waals surface area contributed by atoms with Crippen LogP contribution in [0.25, 0.3) is 0 Å². The zero-order valence-electron chi connectivity index (χ0n) is 19.8. The Labute approximate surface area is 214 Å². The maximum Gasteiger partial charge on any atom is 0.264 e. The first-order valence-electron chi connectivity index (χ1n) is 10.6. The lowest BCUT2D eigenvalue weighted by molar-refractivity contribution is -0.00826. The Hall–Kier alpha value is -2.24. The van der Waals surface area contributed by atoms with E-state index in [1.54, 1.807) is 35.2 Å². The van der Waals surface area contributed by atoms with Gasteiger partial charge in [-0.15, -0.1) is 0 Å². The minimum Gasteiger partial charge on any atom is -0.493 e. The number of halogens is 2. The Morgan fingerprint density at radius 2 is 1.71 bits per heavy atom. The fourth-order valence-corrected chi connectivity index (χ4v) is 4.66. The lowest BCUT2D eigenvalue weighted by atomic mass is 9.89. The van der Waals surface area contributed by atoms with Crippen LogP contribution in [0.2, 0.25) is 10.0 Å². The van der Waals surface area contributed by atoms with Crippen LogP contribution in [0.15, 0.2) is 30.3 Å². The molecule has 0 saturated carbocycles. The topological polar surface area (TPSA) is 101 Å². The standard InChI is InChI=1S/C23H27Cl2NO8S/c1-30-19-10-15(11-20(31-2)21(19)32-3)22(27)26-13-23(33-14-26,8-5-9-34-35(4,28)29)16-6-7-17(24)18(25)12-16/h6-7,10-12H,5,8-9,13-14H2,1-4H3/t23-/m0/s1. The Balaban J connectivity index is 1.89. The predicted octanol–water partition coefficient (Wildman–Crippen LogP) is 4.10. The monoisotopic (exact) mass is 547 g/mol. The smallest absolute Gasteiger partial charge is 0.264 e. The summed E-state index contributed by atoms with van der Waals surface area (Å²) in [6.07, 6.45) is 1.73. The van der Waals surface area contributed by atoms with Crippen molar-refractivity contribution in [2.45, 2.75) is 18.4 Å². The average Bonchev–Trinajstić information content (AvgIpc) is 3.27. The molecule has 192 valence electrons. The number of methoxy groups -OCH3 is 3. The van der Waals surface area contributed by atoms with Crippen molar-refractivity contribution in [2.24, 2.45) is 0 Å². The van der Waals surface area contributed by atoms with Gasteiger partial charge in [0, 0.05) is 5.56 Å². The van der Waals surface area contributed by atoms with E-state index in [-0.39, 0.29) is 25.8 Å². The molecule has 1 saturated heterocycles. The molecule has 0 spiro atoms. The van der Waals surface area contributed by atoms with Crippen molar-refractivity contribution in [3.05, 3.63) is 51.5 Å². The van der Waals surface area contributed by atoms with E-state index in [0.717, 1.165) is 6.26 Å². The van der Waals surface area contributed by atoms with E-state index in [0.29, 0.717) is 51.3 Å². The van der Waals surface area contributed by atoms with Gasteiger partial charge in [-0.1, -0.05) is 29.3 Å². The molecule has 1 aliphatic rings. The van der Waals surface area contributed by atoms with E-state index < -0.39 is 15.7 Å². The van der Waals surface area contributed by atoms with Crippen molar-refractivity contribution in [1.29, 1.82) is 0 Å². The van der Waals surface area contributed by atoms with Gasteiger partial charge in [-0.3, -0.25) is 8.98 Å². The highest BCUT2D eigenvalue weighted by Crippen LogP contribution is 2.41. The fourth-order valence-electron chi connectivity index (χ4n) is 3.94. The van der Waals surface area contributed by atoms with E-state index in [9.17, 15) is 13.2 Å². The minimum absolute atomic E-state index is 0.00265. The number of carbonyl (C=O) groups excluding carboxylic acids is 1. The van der Waals surface area contributed by atoms with Gasteiger partial charge in [0.15, 0.2) is 11.5 Å². The molecule has 1 fully saturated rings. The largest absolute Gasteiger partial charge is 0.493 e. The Morgan fingerprint density at radius 1 is 1.06 bits per heavy atom. The van der Waals surface area contributed by atoms with E-state index in [1.165, 1.54) is 21.3 Å². The molecule has 0 N–H and O–H groups in total. The van der Waals surface area contributed by atoms with Crippen LogP contribution >= 0.6 is 23.2 Å². The van der Waals surface area contributed by atoms with E-state index in [1.807, 2.05) is 0 Å². The van der Waals surface area contributed by atoms with Crippen LogP contribution in [0.5, 0.6) is 17.2 Å². The maximum atomic E-state index is 13.4. The first-order valence-corrected chi connectivity index (χ1v) is 13.1. The van der Waals surface area contributed by atoms with Crippen molar-refractivity contribution >= 4 is 39.2 Å². The summed E-state index contributed by atoms with van der Waals surface area (Å²) in [7, 11) is 0.849. The number of benzene rings is 2. The lowest BCUT2D eigenvalue weighted by Gasteiger charge is -2.29. The van der Waals surface area contributed by atoms with Crippen molar-refractivity contribution in [2.75, 3.05) is 47.5 Å². The van der Waals surface area contributed by atoms with Gasteiger partial charge in [0.05, 0.1) is 50.8 Å². The molecule has 0 radical (unpaired) electrons. The summed E-state index contributed by atoms with van der Waals surface area (Å²) in [6, 6.07) is 8.26. The predicted molar refractivity (Wildman–Crippen MR) is 131 cm³/mol. The molecule has 0 unspecified atom stereocenters. The molecule has 1 heterocycles. The molecule has 1 amide bonds. The zero-order chi connectivity index (χ0) is 25.8. The molecule has 1 atom stereocenters. The van der Waals surface area contributed by atoms with Gasteiger partial charge < -0.3 is 23.8 Å². The third-order valence-corrected chi connectivity index (χ3v) is 6.94. The van der Waals surface area contributed by atoms with Gasteiger partial charge in [-0.2, -0.15) is 8.42 Å². The van der Waals surface area contributed by atoms with Gasteiger partial charge in [0.1, 0.15) is 12.3 Å². The summed E-state index contributed by atoms with van der Waals surface area (Å²) in [5, 5.41) is 0.725. The van der Waals surface area contributed by atoms with Crippen LogP contribution in [0.3, 0.4) is 0 Å². The third kappa shape index (κ3) is 6.31. The van der Waals surface area contributed by atoms with Crippen LogP contribution in [0.1, 0.15) is 28.8 Å². The number of hydrogen-bond donors (Lipinski definition) is 0. The summed E-state index contributed by atoms with van der Waals surface area (Å²) < 4.78 is 49.8. The molecule has 2 aromatic rings. The van der Waals surface area contributed by atoms with Gasteiger partial charge in [0.2, 0.25) is 5.75 Å². The van der Waals surface area contributed by atoms with Gasteiger partial charge in [0.25, 0.3) is 16.0 Å². The number of nitrogens with zero attached hydrogens (tertiary/aromatic N) is 1. The number of hydrogen-bond acceptors (Lipinski definition) is 8. The minimum atomic E-state index is -3.57. The summed E-state index contributed by atoms with van der Waals surface area (Å²) in [5.74, 6) is 0.770. The maximum absolute atomic E-state index is 13.4. The van der Waals surface area contributed by atoms with Crippen molar-refractivity contribution in [3.8, 4) is 17.2 Å². The van der Waals surface area contributed by atoms with Crippen molar-refractivity contribution in [1.82, 2.24) is 4.90 Å². The van der Waals surface area contributed by atoms with E-state index >= 15 is 0 Å². The van der Waals surface area contributed by atoms with Crippen molar-refractivity contribution in [3.63, 3.8) is 0 Å². The first kappa shape index (κ1) is 27.3. The second-order valence-electron chi connectivity index (χ2n) is 7.94. The summed E-state index contributed by atoms with van der Waals surface area (Å²) in [5.41, 5.74) is 0.102. The highest BCUT2D eigenvalue weighted by molar-refractivity contribution is 7.85. The summed E-state index contributed by atoms with van der Waals surface area (Å²) in [4.78, 5) is 15.0. The third-order valence-electron chi connectivity index (χ3n) is 5.61. The van der Waals surface area contributed by atoms with Crippen molar-refractivity contribution < 1.29 is 36.3 Å². The Morgan fingerprint density at radius 3 is 2.26 bits per heavy atom. The Kier molecular flexibility index (Phi) is 8.76. The molecule has 0 aromatic heterocycles. The molecule has 2 aromatic carbocycles. The fraction of sp³-hybridized carbons (Fsp3) is 0.435. The lowest BCUT2D eigenvalue weighted by Crippen LogP contribution is -2.35. The van der Waals surface area contributed by atoms with Gasteiger partial charge in [-0.05, 0) is 42.7 Å². The molecule has 0 aliphatic carbocycles. The van der Waals surface area contributed by atoms with Crippen LogP contribution in [0.4, 0.5) is 0 Å². The first-order chi connectivity index (χ1) is 16.5. The quantitative estimate of drug-likeness (QED) is 0.323. The molecule has 3 rings (SSSR count). The van der Waals surface area contributed by atoms with Crippen LogP contribution < -0.4 is 14.2 Å². The number of ether oxygens (including phenoxy) is 4. The molecular formula is C23H27Cl2NO8S. The summed E-state index contributed by atoms with van der Waals surface area (Å²) in [6.45, 7) is 0.175. The Bertz CT molecular complexity index is 1170. The van der Waals surface area contributed by atoms with Crippen LogP contribution in [0, 0.1) is 0 Å². The number of rotatable bonds is 10. The normalized spacial score (nSPS) is 17.9. The van der Waals surface area contributed by atoms with Crippen LogP contribution in [-0.2, 0) is 24.6 Å². The molecule has 0 bridgehead atoms. The van der Waals surface area contributed by atoms with Gasteiger partial charge in [-0.25, -0.2) is 0 Å². The van der Waals surface area contributed by atoms with E-state index in [2.05, 4.69) is 0 Å². The SMILES string of the molecule is COc1cc(C(=O)N2CO[C@](CCCOS(C)(=O)=O)(c3ccc(Cl)c(Cl)c3)C2)cc(OC)c1OC. The molecule has 12 heteroatoms. The second kappa shape index (κ2) is 11.2. The molecule has 35 heavy (non-hydrogen) atoms. The molecule has 1 aliphatic heterocycles. The highest BCUT2D eigenvalue weighted by atomic mass is 35.5. The van der Waals surface area contributed by atoms with E-state index in [4.69, 9.17) is 46.3 Å². The highest BCUT2D eigenvalue weighted by Gasteiger charge is 2.43. The van der Waals surface area contributed by atoms with Gasteiger partial charge >= 0.3 is 0 Å². The average molecular weight is 548 g/mol.